The molecule has 0 atom stereocenters. The first kappa shape index (κ1) is 22.7. The van der Waals surface area contributed by atoms with Gasteiger partial charge in [0.15, 0.2) is 0 Å². The number of para-hydroxylation sites is 1. The SMILES string of the molecule is COC(=O)C1CCN(C(=O)CN(C)Cc2cn(-c3ccccc3)nc2-c2ccccc2)CC1. The van der Waals surface area contributed by atoms with Crippen molar-refractivity contribution in [2.24, 2.45) is 5.92 Å². The zero-order valence-electron chi connectivity index (χ0n) is 19.2. The number of methoxy groups -OCH3 is 1. The molecule has 172 valence electrons. The van der Waals surface area contributed by atoms with Crippen LogP contribution in [0.3, 0.4) is 0 Å². The second-order valence-corrected chi connectivity index (χ2v) is 8.50. The van der Waals surface area contributed by atoms with Crippen molar-refractivity contribution in [1.82, 2.24) is 19.6 Å². The largest absolute Gasteiger partial charge is 0.469 e. The van der Waals surface area contributed by atoms with E-state index in [1.165, 1.54) is 7.11 Å². The van der Waals surface area contributed by atoms with E-state index >= 15 is 0 Å². The molecule has 4 rings (SSSR count). The fraction of sp³-hybridized carbons (Fsp3) is 0.346. The van der Waals surface area contributed by atoms with E-state index in [2.05, 4.69) is 12.1 Å². The van der Waals surface area contributed by atoms with E-state index in [0.29, 0.717) is 39.0 Å². The number of rotatable bonds is 7. The molecule has 2 aromatic carbocycles. The number of hydrogen-bond acceptors (Lipinski definition) is 5. The third-order valence-electron chi connectivity index (χ3n) is 6.09. The van der Waals surface area contributed by atoms with Crippen LogP contribution in [0.1, 0.15) is 18.4 Å². The molecular weight excluding hydrogens is 416 g/mol. The zero-order chi connectivity index (χ0) is 23.2. The average molecular weight is 447 g/mol. The summed E-state index contributed by atoms with van der Waals surface area (Å²) in [7, 11) is 3.37. The Balaban J connectivity index is 1.45. The maximum atomic E-state index is 12.9. The molecule has 0 unspecified atom stereocenters. The van der Waals surface area contributed by atoms with E-state index < -0.39 is 0 Å². The van der Waals surface area contributed by atoms with E-state index in [9.17, 15) is 9.59 Å². The van der Waals surface area contributed by atoms with Gasteiger partial charge < -0.3 is 9.64 Å². The Morgan fingerprint density at radius 2 is 1.67 bits per heavy atom. The molecule has 33 heavy (non-hydrogen) atoms. The van der Waals surface area contributed by atoms with Gasteiger partial charge in [0.05, 0.1) is 31.0 Å². The minimum Gasteiger partial charge on any atom is -0.469 e. The number of esters is 1. The lowest BCUT2D eigenvalue weighted by Gasteiger charge is -2.32. The fourth-order valence-corrected chi connectivity index (χ4v) is 4.29. The third kappa shape index (κ3) is 5.49. The van der Waals surface area contributed by atoms with Crippen LogP contribution in [0.25, 0.3) is 16.9 Å². The van der Waals surface area contributed by atoms with Crippen LogP contribution in [0, 0.1) is 5.92 Å². The second kappa shape index (κ2) is 10.4. The Bertz CT molecular complexity index is 1070. The van der Waals surface area contributed by atoms with Gasteiger partial charge in [0.25, 0.3) is 0 Å². The highest BCUT2D eigenvalue weighted by Gasteiger charge is 2.28. The summed E-state index contributed by atoms with van der Waals surface area (Å²) in [6, 6.07) is 20.1. The first-order valence-electron chi connectivity index (χ1n) is 11.3. The third-order valence-corrected chi connectivity index (χ3v) is 6.09. The zero-order valence-corrected chi connectivity index (χ0v) is 19.2. The van der Waals surface area contributed by atoms with Gasteiger partial charge in [-0.3, -0.25) is 14.5 Å². The highest BCUT2D eigenvalue weighted by molar-refractivity contribution is 5.79. The Labute approximate surface area is 194 Å². The van der Waals surface area contributed by atoms with Gasteiger partial charge in [-0.2, -0.15) is 5.10 Å². The number of carbonyl (C=O) groups is 2. The van der Waals surface area contributed by atoms with Crippen molar-refractivity contribution in [2.45, 2.75) is 19.4 Å². The van der Waals surface area contributed by atoms with Crippen molar-refractivity contribution in [3.8, 4) is 16.9 Å². The van der Waals surface area contributed by atoms with Crippen molar-refractivity contribution in [3.63, 3.8) is 0 Å². The summed E-state index contributed by atoms with van der Waals surface area (Å²) < 4.78 is 6.73. The lowest BCUT2D eigenvalue weighted by molar-refractivity contribution is -0.149. The molecule has 0 radical (unpaired) electrons. The van der Waals surface area contributed by atoms with Crippen molar-refractivity contribution >= 4 is 11.9 Å². The van der Waals surface area contributed by atoms with E-state index in [1.54, 1.807) is 0 Å². The predicted molar refractivity (Wildman–Crippen MR) is 127 cm³/mol. The number of benzene rings is 2. The lowest BCUT2D eigenvalue weighted by atomic mass is 9.97. The number of hydrogen-bond donors (Lipinski definition) is 0. The van der Waals surface area contributed by atoms with Crippen LogP contribution in [0.4, 0.5) is 0 Å². The van der Waals surface area contributed by atoms with Crippen LogP contribution in [0.2, 0.25) is 0 Å². The van der Waals surface area contributed by atoms with E-state index in [0.717, 1.165) is 22.5 Å². The van der Waals surface area contributed by atoms with Crippen molar-refractivity contribution in [1.29, 1.82) is 0 Å². The number of piperidine rings is 1. The quantitative estimate of drug-likeness (QED) is 0.521. The van der Waals surface area contributed by atoms with Gasteiger partial charge in [0, 0.05) is 37.0 Å². The molecule has 1 aliphatic rings. The standard InChI is InChI=1S/C26H30N4O3/c1-28(19-24(31)29-15-13-21(14-16-29)26(32)33-2)17-22-18-30(23-11-7-4-8-12-23)27-25(22)20-9-5-3-6-10-20/h3-12,18,21H,13-17,19H2,1-2H3. The number of aromatic nitrogens is 2. The van der Waals surface area contributed by atoms with Gasteiger partial charge in [0.1, 0.15) is 0 Å². The first-order valence-corrected chi connectivity index (χ1v) is 11.3. The Kier molecular flexibility index (Phi) is 7.19. The summed E-state index contributed by atoms with van der Waals surface area (Å²) in [5, 5.41) is 4.86. The molecule has 1 aromatic heterocycles. The predicted octanol–water partition coefficient (Wildman–Crippen LogP) is 3.38. The number of amides is 1. The number of likely N-dealkylation sites (N-methyl/N-ethyl adjacent to an activating group) is 1. The molecular formula is C26H30N4O3. The van der Waals surface area contributed by atoms with Gasteiger partial charge in [-0.25, -0.2) is 4.68 Å². The molecule has 1 saturated heterocycles. The number of nitrogens with zero attached hydrogens (tertiary/aromatic N) is 4. The molecule has 0 bridgehead atoms. The number of carbonyl (C=O) groups excluding carboxylic acids is 2. The smallest absolute Gasteiger partial charge is 0.308 e. The highest BCUT2D eigenvalue weighted by atomic mass is 16.5. The van der Waals surface area contributed by atoms with Crippen molar-refractivity contribution < 1.29 is 14.3 Å². The number of ether oxygens (including phenoxy) is 1. The monoisotopic (exact) mass is 446 g/mol. The minimum atomic E-state index is -0.178. The van der Waals surface area contributed by atoms with Gasteiger partial charge in [-0.15, -0.1) is 0 Å². The molecule has 2 heterocycles. The van der Waals surface area contributed by atoms with Gasteiger partial charge >= 0.3 is 5.97 Å². The fourth-order valence-electron chi connectivity index (χ4n) is 4.29. The molecule has 0 saturated carbocycles. The minimum absolute atomic E-state index is 0.0810. The van der Waals surface area contributed by atoms with Crippen LogP contribution in [-0.4, -0.2) is 65.2 Å². The summed E-state index contributed by atoms with van der Waals surface area (Å²) in [5.41, 5.74) is 4.02. The maximum Gasteiger partial charge on any atom is 0.308 e. The van der Waals surface area contributed by atoms with Crippen LogP contribution in [0.15, 0.2) is 66.9 Å². The molecule has 0 spiro atoms. The molecule has 3 aromatic rings. The summed E-state index contributed by atoms with van der Waals surface area (Å²) in [6.07, 6.45) is 3.36. The number of likely N-dealkylation sites (tertiary alicyclic amines) is 1. The summed E-state index contributed by atoms with van der Waals surface area (Å²) in [5.74, 6) is -0.199. The summed E-state index contributed by atoms with van der Waals surface area (Å²) >= 11 is 0. The van der Waals surface area contributed by atoms with Gasteiger partial charge in [0.2, 0.25) is 5.91 Å². The Morgan fingerprint density at radius 3 is 2.30 bits per heavy atom. The molecule has 7 nitrogen and oxygen atoms in total. The topological polar surface area (TPSA) is 67.7 Å². The summed E-state index contributed by atoms with van der Waals surface area (Å²) in [6.45, 7) is 2.09. The maximum absolute atomic E-state index is 12.9. The van der Waals surface area contributed by atoms with E-state index in [4.69, 9.17) is 9.84 Å². The summed E-state index contributed by atoms with van der Waals surface area (Å²) in [4.78, 5) is 28.5. The normalized spacial score (nSPS) is 14.5. The van der Waals surface area contributed by atoms with E-state index in [-0.39, 0.29) is 17.8 Å². The molecule has 1 aliphatic heterocycles. The van der Waals surface area contributed by atoms with Crippen LogP contribution < -0.4 is 0 Å². The average Bonchev–Trinajstić information content (AvgIpc) is 3.28. The van der Waals surface area contributed by atoms with E-state index in [1.807, 2.05) is 76.3 Å². The van der Waals surface area contributed by atoms with Gasteiger partial charge in [-0.1, -0.05) is 48.5 Å². The van der Waals surface area contributed by atoms with Crippen LogP contribution in [0.5, 0.6) is 0 Å². The van der Waals surface area contributed by atoms with Crippen molar-refractivity contribution in [2.75, 3.05) is 33.8 Å². The molecule has 0 N–H and O–H groups in total. The van der Waals surface area contributed by atoms with Crippen LogP contribution in [-0.2, 0) is 20.9 Å². The molecule has 0 aliphatic carbocycles. The second-order valence-electron chi connectivity index (χ2n) is 8.50. The highest BCUT2D eigenvalue weighted by Crippen LogP contribution is 2.25. The van der Waals surface area contributed by atoms with Gasteiger partial charge in [-0.05, 0) is 32.0 Å². The Hall–Kier alpha value is -3.45. The Morgan fingerprint density at radius 1 is 1.03 bits per heavy atom. The molecule has 1 amide bonds. The molecule has 7 heteroatoms. The van der Waals surface area contributed by atoms with Crippen LogP contribution >= 0.6 is 0 Å². The lowest BCUT2D eigenvalue weighted by Crippen LogP contribution is -2.44. The first-order chi connectivity index (χ1) is 16.0. The van der Waals surface area contributed by atoms with Crippen molar-refractivity contribution in [3.05, 3.63) is 72.4 Å². The molecule has 1 fully saturated rings.